The molecule has 0 fully saturated rings. The van der Waals surface area contributed by atoms with Crippen molar-refractivity contribution < 1.29 is 15.3 Å². The van der Waals surface area contributed by atoms with Gasteiger partial charge in [-0.1, -0.05) is 12.1 Å². The normalized spacial score (nSPS) is 10.6. The van der Waals surface area contributed by atoms with E-state index in [0.717, 1.165) is 16.7 Å². The first-order chi connectivity index (χ1) is 8.41. The Morgan fingerprint density at radius 2 is 1.44 bits per heavy atom. The predicted molar refractivity (Wildman–Crippen MR) is 71.1 cm³/mol. The summed E-state index contributed by atoms with van der Waals surface area (Å²) in [5, 5.41) is 29.0. The van der Waals surface area contributed by atoms with Crippen LogP contribution in [0.15, 0.2) is 24.3 Å². The lowest BCUT2D eigenvalue weighted by molar-refractivity contribution is 0.404. The van der Waals surface area contributed by atoms with E-state index < -0.39 is 0 Å². The predicted octanol–water partition coefficient (Wildman–Crippen LogP) is 3.40. The summed E-state index contributed by atoms with van der Waals surface area (Å²) in [4.78, 5) is 0. The molecule has 18 heavy (non-hydrogen) atoms. The van der Waals surface area contributed by atoms with Gasteiger partial charge in [0.05, 0.1) is 0 Å². The molecule has 0 unspecified atom stereocenters. The van der Waals surface area contributed by atoms with Gasteiger partial charge in [0.25, 0.3) is 0 Å². The fourth-order valence-corrected chi connectivity index (χ4v) is 2.11. The summed E-state index contributed by atoms with van der Waals surface area (Å²) in [6.45, 7) is 5.74. The third-order valence-electron chi connectivity index (χ3n) is 3.27. The van der Waals surface area contributed by atoms with Crippen LogP contribution in [0.25, 0.3) is 11.1 Å². The number of aryl methyl sites for hydroxylation is 2. The van der Waals surface area contributed by atoms with Crippen LogP contribution in [-0.2, 0) is 0 Å². The van der Waals surface area contributed by atoms with E-state index in [-0.39, 0.29) is 17.2 Å². The summed E-state index contributed by atoms with van der Waals surface area (Å²) in [5.41, 5.74) is 4.21. The second kappa shape index (κ2) is 4.26. The van der Waals surface area contributed by atoms with E-state index in [1.54, 1.807) is 6.07 Å². The minimum atomic E-state index is -0.189. The van der Waals surface area contributed by atoms with Gasteiger partial charge < -0.3 is 15.3 Å². The number of hydrogen-bond donors (Lipinski definition) is 3. The van der Waals surface area contributed by atoms with Crippen molar-refractivity contribution in [1.82, 2.24) is 0 Å². The zero-order valence-corrected chi connectivity index (χ0v) is 10.7. The molecule has 0 aliphatic heterocycles. The van der Waals surface area contributed by atoms with Crippen LogP contribution >= 0.6 is 0 Å². The number of phenols is 3. The lowest BCUT2D eigenvalue weighted by Crippen LogP contribution is -1.91. The van der Waals surface area contributed by atoms with E-state index in [4.69, 9.17) is 0 Å². The summed E-state index contributed by atoms with van der Waals surface area (Å²) in [5.74, 6) is -0.145. The van der Waals surface area contributed by atoms with Crippen LogP contribution in [0.5, 0.6) is 17.2 Å². The fourth-order valence-electron chi connectivity index (χ4n) is 2.11. The molecule has 0 amide bonds. The van der Waals surface area contributed by atoms with Crippen molar-refractivity contribution in [2.75, 3.05) is 0 Å². The molecule has 0 bridgehead atoms. The molecule has 0 heterocycles. The van der Waals surface area contributed by atoms with Gasteiger partial charge >= 0.3 is 0 Å². The van der Waals surface area contributed by atoms with E-state index >= 15 is 0 Å². The number of hydrogen-bond acceptors (Lipinski definition) is 3. The molecule has 0 aliphatic carbocycles. The van der Waals surface area contributed by atoms with E-state index in [2.05, 4.69) is 0 Å². The Balaban J connectivity index is 2.74. The average Bonchev–Trinajstić information content (AvgIpc) is 2.31. The molecule has 0 saturated carbocycles. The molecule has 3 nitrogen and oxygen atoms in total. The Bertz CT molecular complexity index is 589. The van der Waals surface area contributed by atoms with E-state index in [9.17, 15) is 15.3 Å². The molecule has 0 aromatic heterocycles. The third kappa shape index (κ3) is 1.88. The van der Waals surface area contributed by atoms with Gasteiger partial charge in [-0.2, -0.15) is 0 Å². The Labute approximate surface area is 106 Å². The lowest BCUT2D eigenvalue weighted by Gasteiger charge is -2.14. The minimum Gasteiger partial charge on any atom is -0.507 e. The van der Waals surface area contributed by atoms with Gasteiger partial charge in [0.15, 0.2) is 11.5 Å². The zero-order valence-electron chi connectivity index (χ0n) is 10.7. The molecule has 2 rings (SSSR count). The summed E-state index contributed by atoms with van der Waals surface area (Å²) in [6, 6.07) is 6.47. The van der Waals surface area contributed by atoms with Crippen molar-refractivity contribution in [2.24, 2.45) is 0 Å². The highest BCUT2D eigenvalue weighted by Crippen LogP contribution is 2.39. The second-order valence-electron chi connectivity index (χ2n) is 4.56. The van der Waals surface area contributed by atoms with Gasteiger partial charge in [-0.3, -0.25) is 0 Å². The Morgan fingerprint density at radius 3 is 2.06 bits per heavy atom. The van der Waals surface area contributed by atoms with Gasteiger partial charge in [0.2, 0.25) is 0 Å². The van der Waals surface area contributed by atoms with Gasteiger partial charge in [0.1, 0.15) is 5.75 Å². The van der Waals surface area contributed by atoms with E-state index in [1.807, 2.05) is 26.8 Å². The molecule has 2 aromatic rings. The molecular formula is C15H16O3. The summed E-state index contributed by atoms with van der Waals surface area (Å²) >= 11 is 0. The first kappa shape index (κ1) is 12.3. The quantitative estimate of drug-likeness (QED) is 0.674. The zero-order chi connectivity index (χ0) is 13.4. The molecule has 3 heteroatoms. The van der Waals surface area contributed by atoms with Crippen LogP contribution in [0.3, 0.4) is 0 Å². The summed E-state index contributed by atoms with van der Waals surface area (Å²) < 4.78 is 0. The van der Waals surface area contributed by atoms with Crippen LogP contribution in [-0.4, -0.2) is 15.3 Å². The van der Waals surface area contributed by atoms with Gasteiger partial charge in [0, 0.05) is 5.56 Å². The van der Waals surface area contributed by atoms with Crippen LogP contribution in [0.1, 0.15) is 16.7 Å². The maximum atomic E-state index is 10.2. The van der Waals surface area contributed by atoms with Crippen LogP contribution in [0, 0.1) is 20.8 Å². The molecule has 0 spiro atoms. The number of rotatable bonds is 1. The SMILES string of the molecule is Cc1cc(C)c(O)c(-c2ccc(O)c(O)c2)c1C. The van der Waals surface area contributed by atoms with Gasteiger partial charge in [-0.15, -0.1) is 0 Å². The minimum absolute atomic E-state index is 0.166. The largest absolute Gasteiger partial charge is 0.507 e. The molecular weight excluding hydrogens is 228 g/mol. The highest BCUT2D eigenvalue weighted by molar-refractivity contribution is 5.77. The van der Waals surface area contributed by atoms with Crippen LogP contribution in [0.4, 0.5) is 0 Å². The first-order valence-corrected chi connectivity index (χ1v) is 5.74. The van der Waals surface area contributed by atoms with Crippen molar-refractivity contribution in [3.63, 3.8) is 0 Å². The van der Waals surface area contributed by atoms with Crippen molar-refractivity contribution in [2.45, 2.75) is 20.8 Å². The topological polar surface area (TPSA) is 60.7 Å². The monoisotopic (exact) mass is 244 g/mol. The molecule has 3 N–H and O–H groups in total. The van der Waals surface area contributed by atoms with Crippen molar-refractivity contribution in [3.05, 3.63) is 41.0 Å². The Hall–Kier alpha value is -2.16. The molecule has 0 radical (unpaired) electrons. The Morgan fingerprint density at radius 1 is 0.778 bits per heavy atom. The third-order valence-corrected chi connectivity index (χ3v) is 3.27. The van der Waals surface area contributed by atoms with Crippen LogP contribution < -0.4 is 0 Å². The van der Waals surface area contributed by atoms with Crippen molar-refractivity contribution >= 4 is 0 Å². The highest BCUT2D eigenvalue weighted by atomic mass is 16.3. The number of aromatic hydroxyl groups is 3. The first-order valence-electron chi connectivity index (χ1n) is 5.74. The highest BCUT2D eigenvalue weighted by Gasteiger charge is 2.14. The second-order valence-corrected chi connectivity index (χ2v) is 4.56. The standard InChI is InChI=1S/C15H16O3/c1-8-6-9(2)15(18)14(10(8)3)11-4-5-12(16)13(17)7-11/h4-7,16-18H,1-3H3. The Kier molecular flexibility index (Phi) is 2.91. The average molecular weight is 244 g/mol. The lowest BCUT2D eigenvalue weighted by atomic mass is 9.93. The molecule has 2 aromatic carbocycles. The molecule has 0 atom stereocenters. The van der Waals surface area contributed by atoms with Crippen molar-refractivity contribution in [1.29, 1.82) is 0 Å². The summed E-state index contributed by atoms with van der Waals surface area (Å²) in [6.07, 6.45) is 0. The number of benzene rings is 2. The maximum Gasteiger partial charge on any atom is 0.158 e. The smallest absolute Gasteiger partial charge is 0.158 e. The number of phenolic OH excluding ortho intramolecular Hbond substituents is 3. The van der Waals surface area contributed by atoms with Crippen LogP contribution in [0.2, 0.25) is 0 Å². The molecule has 0 aliphatic rings. The molecule has 94 valence electrons. The fraction of sp³-hybridized carbons (Fsp3) is 0.200. The maximum absolute atomic E-state index is 10.2. The van der Waals surface area contributed by atoms with Crippen molar-refractivity contribution in [3.8, 4) is 28.4 Å². The van der Waals surface area contributed by atoms with E-state index in [1.165, 1.54) is 12.1 Å². The molecule has 0 saturated heterocycles. The van der Waals surface area contributed by atoms with E-state index in [0.29, 0.717) is 11.1 Å². The van der Waals surface area contributed by atoms with Gasteiger partial charge in [-0.05, 0) is 55.2 Å². The summed E-state index contributed by atoms with van der Waals surface area (Å²) in [7, 11) is 0. The van der Waals surface area contributed by atoms with Gasteiger partial charge in [-0.25, -0.2) is 0 Å².